The van der Waals surface area contributed by atoms with E-state index in [2.05, 4.69) is 11.4 Å². The first-order valence-corrected chi connectivity index (χ1v) is 13.1. The van der Waals surface area contributed by atoms with E-state index >= 15 is 0 Å². The van der Waals surface area contributed by atoms with Gasteiger partial charge < -0.3 is 19.9 Å². The normalized spacial score (nSPS) is 25.0. The highest BCUT2D eigenvalue weighted by atomic mass is 19.4. The molecule has 5 atom stereocenters. The van der Waals surface area contributed by atoms with Crippen molar-refractivity contribution in [2.24, 2.45) is 0 Å². The molecule has 3 amide bonds. The molecule has 1 aromatic carbocycles. The van der Waals surface area contributed by atoms with Crippen molar-refractivity contribution >= 4 is 17.9 Å². The van der Waals surface area contributed by atoms with E-state index in [0.717, 1.165) is 12.1 Å². The van der Waals surface area contributed by atoms with Gasteiger partial charge in [-0.25, -0.2) is 4.79 Å². The molecule has 12 heteroatoms. The van der Waals surface area contributed by atoms with Gasteiger partial charge in [-0.2, -0.15) is 18.4 Å². The van der Waals surface area contributed by atoms with E-state index < -0.39 is 53.5 Å². The van der Waals surface area contributed by atoms with Gasteiger partial charge in [0, 0.05) is 25.7 Å². The Morgan fingerprint density at radius 1 is 1.21 bits per heavy atom. The fraction of sp³-hybridized carbons (Fsp3) is 0.630. The molecule has 3 saturated heterocycles. The summed E-state index contributed by atoms with van der Waals surface area (Å²) in [5.74, 6) is -0.562. The van der Waals surface area contributed by atoms with Crippen LogP contribution in [0.15, 0.2) is 24.3 Å². The van der Waals surface area contributed by atoms with Crippen LogP contribution in [0.5, 0.6) is 0 Å². The minimum Gasteiger partial charge on any atom is -0.444 e. The first-order valence-electron chi connectivity index (χ1n) is 13.1. The molecular weight excluding hydrogens is 515 g/mol. The summed E-state index contributed by atoms with van der Waals surface area (Å²) in [7, 11) is 0. The molecule has 3 fully saturated rings. The van der Waals surface area contributed by atoms with Crippen LogP contribution < -0.4 is 5.32 Å². The molecule has 2 bridgehead atoms. The number of fused-ring (bicyclic) bond motifs is 2. The molecule has 39 heavy (non-hydrogen) atoms. The Morgan fingerprint density at radius 2 is 1.87 bits per heavy atom. The van der Waals surface area contributed by atoms with Gasteiger partial charge in [-0.3, -0.25) is 14.5 Å². The van der Waals surface area contributed by atoms with E-state index in [-0.39, 0.29) is 18.5 Å². The number of amides is 3. The number of halogens is 3. The zero-order valence-corrected chi connectivity index (χ0v) is 22.5. The zero-order chi connectivity index (χ0) is 28.7. The van der Waals surface area contributed by atoms with Gasteiger partial charge >= 0.3 is 12.3 Å². The standard InChI is InChI=1S/C27H34F3N5O4/c1-16(17-7-9-18(10-8-17)27(28,29)30)35-20-12-22(24(35)37)33(14-20)15-21(32-25(38)39-26(2,3)4)23(36)34-11-5-6-19(34)13-31/h7-10,16,19-22H,5-6,11-12,14-15H2,1-4H3,(H,32,38). The van der Waals surface area contributed by atoms with Crippen molar-refractivity contribution in [1.82, 2.24) is 20.0 Å². The van der Waals surface area contributed by atoms with Crippen molar-refractivity contribution in [2.45, 2.75) is 88.9 Å². The summed E-state index contributed by atoms with van der Waals surface area (Å²) in [5.41, 5.74) is -0.923. The number of likely N-dealkylation sites (tertiary alicyclic amines) is 3. The van der Waals surface area contributed by atoms with E-state index in [1.807, 2.05) is 4.90 Å². The molecule has 3 aliphatic rings. The van der Waals surface area contributed by atoms with Crippen LogP contribution in [0.25, 0.3) is 0 Å². The predicted molar refractivity (Wildman–Crippen MR) is 134 cm³/mol. The Kier molecular flexibility index (Phi) is 7.85. The van der Waals surface area contributed by atoms with Crippen molar-refractivity contribution < 1.29 is 32.3 Å². The minimum absolute atomic E-state index is 0.0716. The number of carbonyl (C=O) groups is 3. The molecule has 0 saturated carbocycles. The van der Waals surface area contributed by atoms with Crippen LogP contribution in [0.3, 0.4) is 0 Å². The second kappa shape index (κ2) is 10.7. The van der Waals surface area contributed by atoms with Gasteiger partial charge in [0.1, 0.15) is 17.7 Å². The summed E-state index contributed by atoms with van der Waals surface area (Å²) in [5, 5.41) is 12.1. The summed E-state index contributed by atoms with van der Waals surface area (Å²) in [6.07, 6.45) is -3.43. The third kappa shape index (κ3) is 6.13. The molecule has 1 N–H and O–H groups in total. The molecule has 3 aliphatic heterocycles. The highest BCUT2D eigenvalue weighted by Gasteiger charge is 2.52. The van der Waals surface area contributed by atoms with Crippen LogP contribution in [-0.4, -0.2) is 82.0 Å². The van der Waals surface area contributed by atoms with Crippen LogP contribution in [0.1, 0.15) is 64.1 Å². The molecular formula is C27H34F3N5O4. The lowest BCUT2D eigenvalue weighted by Crippen LogP contribution is -2.59. The SMILES string of the molecule is CC(c1ccc(C(F)(F)F)cc1)N1C(=O)C2CC1CN2CC(NC(=O)OC(C)(C)C)C(=O)N1CCCC1C#N. The Labute approximate surface area is 225 Å². The molecule has 5 unspecified atom stereocenters. The number of nitrogens with zero attached hydrogens (tertiary/aromatic N) is 4. The quantitative estimate of drug-likeness (QED) is 0.583. The second-order valence-corrected chi connectivity index (χ2v) is 11.4. The molecule has 3 heterocycles. The number of benzene rings is 1. The molecule has 1 aromatic rings. The third-order valence-corrected chi connectivity index (χ3v) is 7.54. The van der Waals surface area contributed by atoms with E-state index in [9.17, 15) is 32.8 Å². The molecule has 0 radical (unpaired) electrons. The molecule has 0 aliphatic carbocycles. The first kappa shape index (κ1) is 28.7. The Morgan fingerprint density at radius 3 is 2.44 bits per heavy atom. The number of hydrogen-bond acceptors (Lipinski definition) is 6. The lowest BCUT2D eigenvalue weighted by atomic mass is 10.0. The number of carbonyl (C=O) groups excluding carboxylic acids is 3. The van der Waals surface area contributed by atoms with Gasteiger partial charge in [-0.05, 0) is 64.7 Å². The van der Waals surface area contributed by atoms with Crippen LogP contribution in [0.4, 0.5) is 18.0 Å². The number of rotatable bonds is 6. The molecule has 0 aromatic heterocycles. The van der Waals surface area contributed by atoms with E-state index in [4.69, 9.17) is 4.74 Å². The zero-order valence-electron chi connectivity index (χ0n) is 22.5. The van der Waals surface area contributed by atoms with Crippen molar-refractivity contribution in [2.75, 3.05) is 19.6 Å². The van der Waals surface area contributed by atoms with Crippen LogP contribution in [0.2, 0.25) is 0 Å². The smallest absolute Gasteiger partial charge is 0.416 e. The average Bonchev–Trinajstić information content (AvgIpc) is 3.55. The topological polar surface area (TPSA) is 106 Å². The fourth-order valence-electron chi connectivity index (χ4n) is 5.74. The van der Waals surface area contributed by atoms with Gasteiger partial charge in [-0.15, -0.1) is 0 Å². The van der Waals surface area contributed by atoms with Gasteiger partial charge in [-0.1, -0.05) is 12.1 Å². The largest absolute Gasteiger partial charge is 0.444 e. The summed E-state index contributed by atoms with van der Waals surface area (Å²) in [6, 6.07) is 4.25. The van der Waals surface area contributed by atoms with Gasteiger partial charge in [0.25, 0.3) is 0 Å². The first-order chi connectivity index (χ1) is 18.2. The van der Waals surface area contributed by atoms with Crippen molar-refractivity contribution in [3.63, 3.8) is 0 Å². The third-order valence-electron chi connectivity index (χ3n) is 7.54. The number of alkyl carbamates (subject to hydrolysis) is 1. The lowest BCUT2D eigenvalue weighted by molar-refractivity contribution is -0.141. The fourth-order valence-corrected chi connectivity index (χ4v) is 5.74. The number of alkyl halides is 3. The van der Waals surface area contributed by atoms with E-state index in [0.29, 0.717) is 37.9 Å². The van der Waals surface area contributed by atoms with Crippen LogP contribution >= 0.6 is 0 Å². The number of ether oxygens (including phenoxy) is 1. The summed E-state index contributed by atoms with van der Waals surface area (Å²) in [4.78, 5) is 44.5. The van der Waals surface area contributed by atoms with Gasteiger partial charge in [0.05, 0.1) is 23.7 Å². The second-order valence-electron chi connectivity index (χ2n) is 11.4. The number of piperazine rings is 1. The number of nitriles is 1. The van der Waals surface area contributed by atoms with Crippen molar-refractivity contribution in [1.29, 1.82) is 5.26 Å². The van der Waals surface area contributed by atoms with E-state index in [1.165, 1.54) is 17.0 Å². The molecule has 0 spiro atoms. The monoisotopic (exact) mass is 549 g/mol. The van der Waals surface area contributed by atoms with Gasteiger partial charge in [0.2, 0.25) is 11.8 Å². The Balaban J connectivity index is 1.47. The van der Waals surface area contributed by atoms with Crippen LogP contribution in [0, 0.1) is 11.3 Å². The summed E-state index contributed by atoms with van der Waals surface area (Å²) >= 11 is 0. The number of hydrogen-bond donors (Lipinski definition) is 1. The molecule has 4 rings (SSSR count). The predicted octanol–water partition coefficient (Wildman–Crippen LogP) is 3.46. The molecule has 212 valence electrons. The molecule has 9 nitrogen and oxygen atoms in total. The highest BCUT2D eigenvalue weighted by molar-refractivity contribution is 5.88. The minimum atomic E-state index is -4.44. The summed E-state index contributed by atoms with van der Waals surface area (Å²) < 4.78 is 44.2. The van der Waals surface area contributed by atoms with Crippen molar-refractivity contribution in [3.8, 4) is 6.07 Å². The van der Waals surface area contributed by atoms with E-state index in [1.54, 1.807) is 32.6 Å². The Bertz CT molecular complexity index is 1140. The van der Waals surface area contributed by atoms with Crippen LogP contribution in [-0.2, 0) is 20.5 Å². The Hall–Kier alpha value is -3.33. The maximum atomic E-state index is 13.4. The average molecular weight is 550 g/mol. The maximum absolute atomic E-state index is 13.4. The van der Waals surface area contributed by atoms with Gasteiger partial charge in [0.15, 0.2) is 0 Å². The lowest BCUT2D eigenvalue weighted by Gasteiger charge is -2.39. The summed E-state index contributed by atoms with van der Waals surface area (Å²) in [6.45, 7) is 7.84. The maximum Gasteiger partial charge on any atom is 0.416 e. The highest BCUT2D eigenvalue weighted by Crippen LogP contribution is 2.39. The number of nitrogens with one attached hydrogen (secondary N) is 1. The van der Waals surface area contributed by atoms with Crippen molar-refractivity contribution in [3.05, 3.63) is 35.4 Å².